The largest absolute Gasteiger partial charge is 0.471 e. The van der Waals surface area contributed by atoms with E-state index in [2.05, 4.69) is 19.6 Å². The molecule has 0 unspecified atom stereocenters. The van der Waals surface area contributed by atoms with E-state index in [1.54, 1.807) is 17.0 Å². The van der Waals surface area contributed by atoms with Crippen LogP contribution in [0, 0.1) is 0 Å². The van der Waals surface area contributed by atoms with Gasteiger partial charge >= 0.3 is 12.1 Å². The number of hydrogen-bond acceptors (Lipinski definition) is 7. The van der Waals surface area contributed by atoms with E-state index in [-0.39, 0.29) is 11.7 Å². The molecule has 0 aliphatic carbocycles. The molecule has 32 heavy (non-hydrogen) atoms. The van der Waals surface area contributed by atoms with Crippen LogP contribution in [-0.2, 0) is 6.18 Å². The first-order valence-electron chi connectivity index (χ1n) is 9.91. The number of alkyl halides is 3. The van der Waals surface area contributed by atoms with E-state index in [9.17, 15) is 18.0 Å². The number of piperazine rings is 1. The number of benzene rings is 1. The van der Waals surface area contributed by atoms with E-state index in [0.29, 0.717) is 43.1 Å². The van der Waals surface area contributed by atoms with Crippen molar-refractivity contribution in [2.75, 3.05) is 50.1 Å². The minimum atomic E-state index is -4.69. The average Bonchev–Trinajstić information content (AvgIpc) is 3.30. The Morgan fingerprint density at radius 1 is 1.09 bits per heavy atom. The van der Waals surface area contributed by atoms with Crippen LogP contribution in [0.1, 0.15) is 16.2 Å². The van der Waals surface area contributed by atoms with Crippen molar-refractivity contribution in [1.82, 2.24) is 20.0 Å². The summed E-state index contributed by atoms with van der Waals surface area (Å²) in [6.07, 6.45) is -3.28. The number of aromatic nitrogens is 3. The molecule has 1 fully saturated rings. The Balaban J connectivity index is 1.38. The third-order valence-corrected chi connectivity index (χ3v) is 5.17. The maximum absolute atomic E-state index is 12.9. The first-order chi connectivity index (χ1) is 15.2. The summed E-state index contributed by atoms with van der Waals surface area (Å²) >= 11 is 0. The summed E-state index contributed by atoms with van der Waals surface area (Å²) < 4.78 is 42.1. The number of pyridine rings is 1. The van der Waals surface area contributed by atoms with Gasteiger partial charge in [0, 0.05) is 63.3 Å². The third-order valence-electron chi connectivity index (χ3n) is 5.17. The van der Waals surface area contributed by atoms with Crippen molar-refractivity contribution in [3.05, 3.63) is 54.0 Å². The number of halogens is 3. The number of rotatable bonds is 4. The standard InChI is InChI=1S/C21H21F3N6O2/c1-28(2)16-5-3-4-14(12-16)19(31)30-10-8-29(9-11-30)17-7-6-15(13-25-17)18-26-20(32-27-18)21(22,23)24/h3-7,12-13H,8-11H2,1-2H3. The molecule has 1 amide bonds. The summed E-state index contributed by atoms with van der Waals surface area (Å²) in [4.78, 5) is 26.3. The quantitative estimate of drug-likeness (QED) is 0.609. The van der Waals surface area contributed by atoms with Crippen molar-refractivity contribution in [2.45, 2.75) is 6.18 Å². The van der Waals surface area contributed by atoms with Gasteiger partial charge in [0.1, 0.15) is 5.82 Å². The fraction of sp³-hybridized carbons (Fsp3) is 0.333. The van der Waals surface area contributed by atoms with Gasteiger partial charge in [0.15, 0.2) is 0 Å². The second-order valence-electron chi connectivity index (χ2n) is 7.55. The van der Waals surface area contributed by atoms with Gasteiger partial charge < -0.3 is 19.2 Å². The predicted octanol–water partition coefficient (Wildman–Crippen LogP) is 3.18. The predicted molar refractivity (Wildman–Crippen MR) is 111 cm³/mol. The van der Waals surface area contributed by atoms with E-state index >= 15 is 0 Å². The van der Waals surface area contributed by atoms with Crippen LogP contribution >= 0.6 is 0 Å². The van der Waals surface area contributed by atoms with Gasteiger partial charge in [0.2, 0.25) is 5.82 Å². The highest BCUT2D eigenvalue weighted by molar-refractivity contribution is 5.95. The Kier molecular flexibility index (Phi) is 5.72. The second kappa shape index (κ2) is 8.48. The van der Waals surface area contributed by atoms with Gasteiger partial charge in [-0.2, -0.15) is 18.2 Å². The first-order valence-corrected chi connectivity index (χ1v) is 9.91. The molecule has 0 saturated carbocycles. The van der Waals surface area contributed by atoms with E-state index in [0.717, 1.165) is 5.69 Å². The van der Waals surface area contributed by atoms with Gasteiger partial charge in [0.25, 0.3) is 5.91 Å². The molecular formula is C21H21F3N6O2. The maximum atomic E-state index is 12.9. The van der Waals surface area contributed by atoms with Crippen molar-refractivity contribution in [3.8, 4) is 11.4 Å². The Bertz CT molecular complexity index is 1090. The fourth-order valence-corrected chi connectivity index (χ4v) is 3.40. The fourth-order valence-electron chi connectivity index (χ4n) is 3.40. The normalized spacial score (nSPS) is 14.5. The van der Waals surface area contributed by atoms with Crippen LogP contribution in [0.25, 0.3) is 11.4 Å². The molecule has 11 heteroatoms. The lowest BCUT2D eigenvalue weighted by Gasteiger charge is -2.35. The number of carbonyl (C=O) groups excluding carboxylic acids is 1. The molecule has 3 aromatic rings. The zero-order chi connectivity index (χ0) is 22.9. The molecule has 4 rings (SSSR count). The number of anilines is 2. The van der Waals surface area contributed by atoms with Crippen LogP contribution in [-0.4, -0.2) is 66.2 Å². The van der Waals surface area contributed by atoms with Crippen molar-refractivity contribution in [3.63, 3.8) is 0 Å². The number of hydrogen-bond donors (Lipinski definition) is 0. The van der Waals surface area contributed by atoms with Gasteiger partial charge in [-0.3, -0.25) is 4.79 Å². The summed E-state index contributed by atoms with van der Waals surface area (Å²) in [5, 5.41) is 3.36. The van der Waals surface area contributed by atoms with Crippen LogP contribution in [0.3, 0.4) is 0 Å². The lowest BCUT2D eigenvalue weighted by atomic mass is 10.1. The highest BCUT2D eigenvalue weighted by Gasteiger charge is 2.38. The zero-order valence-electron chi connectivity index (χ0n) is 17.5. The van der Waals surface area contributed by atoms with Gasteiger partial charge in [-0.15, -0.1) is 0 Å². The summed E-state index contributed by atoms with van der Waals surface area (Å²) in [6, 6.07) is 10.8. The molecule has 2 aromatic heterocycles. The highest BCUT2D eigenvalue weighted by Crippen LogP contribution is 2.29. The van der Waals surface area contributed by atoms with Crippen LogP contribution in [0.2, 0.25) is 0 Å². The van der Waals surface area contributed by atoms with E-state index in [4.69, 9.17) is 0 Å². The third kappa shape index (κ3) is 4.51. The molecule has 1 saturated heterocycles. The molecular weight excluding hydrogens is 425 g/mol. The van der Waals surface area contributed by atoms with Crippen LogP contribution < -0.4 is 9.80 Å². The summed E-state index contributed by atoms with van der Waals surface area (Å²) in [5.74, 6) is -0.926. The Labute approximate surface area is 182 Å². The monoisotopic (exact) mass is 446 g/mol. The Hall–Kier alpha value is -3.63. The minimum Gasteiger partial charge on any atom is -0.378 e. The molecule has 0 N–H and O–H groups in total. The molecule has 1 aromatic carbocycles. The smallest absolute Gasteiger partial charge is 0.378 e. The van der Waals surface area contributed by atoms with E-state index in [1.807, 2.05) is 48.2 Å². The van der Waals surface area contributed by atoms with E-state index in [1.165, 1.54) is 6.20 Å². The highest BCUT2D eigenvalue weighted by atomic mass is 19.4. The lowest BCUT2D eigenvalue weighted by Crippen LogP contribution is -2.49. The topological polar surface area (TPSA) is 78.6 Å². The van der Waals surface area contributed by atoms with Gasteiger partial charge in [-0.25, -0.2) is 4.98 Å². The lowest BCUT2D eigenvalue weighted by molar-refractivity contribution is -0.159. The second-order valence-corrected chi connectivity index (χ2v) is 7.55. The minimum absolute atomic E-state index is 0.0192. The average molecular weight is 446 g/mol. The summed E-state index contributed by atoms with van der Waals surface area (Å²) in [6.45, 7) is 2.25. The summed E-state index contributed by atoms with van der Waals surface area (Å²) in [5.41, 5.74) is 1.93. The van der Waals surface area contributed by atoms with Crippen molar-refractivity contribution >= 4 is 17.4 Å². The molecule has 0 atom stereocenters. The Morgan fingerprint density at radius 3 is 2.44 bits per heavy atom. The SMILES string of the molecule is CN(C)c1cccc(C(=O)N2CCN(c3ccc(-c4noc(C(F)(F)F)n4)cn3)CC2)c1. The maximum Gasteiger partial charge on any atom is 0.471 e. The molecule has 3 heterocycles. The number of carbonyl (C=O) groups is 1. The number of amides is 1. The molecule has 168 valence electrons. The number of nitrogens with zero attached hydrogens (tertiary/aromatic N) is 6. The van der Waals surface area contributed by atoms with Gasteiger partial charge in [0.05, 0.1) is 0 Å². The summed E-state index contributed by atoms with van der Waals surface area (Å²) in [7, 11) is 3.85. The van der Waals surface area contributed by atoms with Crippen LogP contribution in [0.15, 0.2) is 47.1 Å². The molecule has 1 aliphatic rings. The molecule has 8 nitrogen and oxygen atoms in total. The Morgan fingerprint density at radius 2 is 1.84 bits per heavy atom. The van der Waals surface area contributed by atoms with Gasteiger partial charge in [-0.1, -0.05) is 11.2 Å². The van der Waals surface area contributed by atoms with E-state index < -0.39 is 12.1 Å². The molecule has 0 radical (unpaired) electrons. The van der Waals surface area contributed by atoms with Crippen LogP contribution in [0.5, 0.6) is 0 Å². The van der Waals surface area contributed by atoms with Crippen molar-refractivity contribution in [2.24, 2.45) is 0 Å². The molecule has 0 bridgehead atoms. The zero-order valence-corrected chi connectivity index (χ0v) is 17.5. The van der Waals surface area contributed by atoms with Gasteiger partial charge in [-0.05, 0) is 30.3 Å². The molecule has 1 aliphatic heterocycles. The van der Waals surface area contributed by atoms with Crippen molar-refractivity contribution in [1.29, 1.82) is 0 Å². The van der Waals surface area contributed by atoms with Crippen molar-refractivity contribution < 1.29 is 22.5 Å². The first kappa shape index (κ1) is 21.6. The van der Waals surface area contributed by atoms with Crippen LogP contribution in [0.4, 0.5) is 24.7 Å². The molecule has 0 spiro atoms.